The van der Waals surface area contributed by atoms with Crippen LogP contribution in [0.25, 0.3) is 6.08 Å². The predicted octanol–water partition coefficient (Wildman–Crippen LogP) is 2.71. The lowest BCUT2D eigenvalue weighted by Crippen LogP contribution is -1.96. The molecule has 0 saturated carbocycles. The van der Waals surface area contributed by atoms with Crippen molar-refractivity contribution in [3.63, 3.8) is 0 Å². The molecule has 1 aromatic carbocycles. The maximum Gasteiger partial charge on any atom is 0.142 e. The number of para-hydroxylation sites is 1. The second-order valence-corrected chi connectivity index (χ2v) is 2.51. The number of ether oxygens (including phenoxy) is 1. The molecule has 0 saturated heterocycles. The highest BCUT2D eigenvalue weighted by Gasteiger charge is 2.03. The monoisotopic (exact) mass is 172 g/mol. The molecule has 1 rings (SSSR count). The third-order valence-corrected chi connectivity index (χ3v) is 1.71. The van der Waals surface area contributed by atoms with Gasteiger partial charge in [-0.3, -0.25) is 0 Å². The van der Waals surface area contributed by atoms with Crippen molar-refractivity contribution in [2.75, 3.05) is 6.61 Å². The van der Waals surface area contributed by atoms with E-state index in [1.54, 1.807) is 6.08 Å². The first-order chi connectivity index (χ1) is 6.33. The molecule has 0 radical (unpaired) electrons. The molecule has 0 fully saturated rings. The van der Waals surface area contributed by atoms with E-state index in [0.29, 0.717) is 6.61 Å². The summed E-state index contributed by atoms with van der Waals surface area (Å²) >= 11 is 0. The number of benzene rings is 1. The Bertz CT molecular complexity index is 345. The first-order valence-electron chi connectivity index (χ1n) is 4.18. The van der Waals surface area contributed by atoms with E-state index in [1.165, 1.54) is 0 Å². The number of terminal acetylenes is 1. The normalized spacial score (nSPS) is 8.92. The van der Waals surface area contributed by atoms with Crippen LogP contribution in [-0.4, -0.2) is 6.61 Å². The second kappa shape index (κ2) is 4.37. The van der Waals surface area contributed by atoms with Crippen molar-refractivity contribution in [2.45, 2.75) is 6.92 Å². The van der Waals surface area contributed by atoms with Crippen LogP contribution >= 0.6 is 0 Å². The van der Waals surface area contributed by atoms with Crippen molar-refractivity contribution >= 4 is 6.08 Å². The maximum atomic E-state index is 5.44. The van der Waals surface area contributed by atoms with Crippen molar-refractivity contribution < 1.29 is 4.74 Å². The Morgan fingerprint density at radius 1 is 1.62 bits per heavy atom. The van der Waals surface area contributed by atoms with E-state index in [9.17, 15) is 0 Å². The minimum atomic E-state index is 0.611. The van der Waals surface area contributed by atoms with E-state index in [-0.39, 0.29) is 0 Å². The molecule has 0 N–H and O–H groups in total. The Morgan fingerprint density at radius 3 is 2.92 bits per heavy atom. The fraction of sp³-hybridized carbons (Fsp3) is 0.167. The molecule has 1 heteroatoms. The van der Waals surface area contributed by atoms with Crippen molar-refractivity contribution in [3.8, 4) is 18.1 Å². The number of rotatable bonds is 3. The summed E-state index contributed by atoms with van der Waals surface area (Å²) in [6.07, 6.45) is 7.08. The van der Waals surface area contributed by atoms with Crippen LogP contribution < -0.4 is 4.74 Å². The summed E-state index contributed by atoms with van der Waals surface area (Å²) in [5.74, 6) is 3.33. The number of hydrogen-bond acceptors (Lipinski definition) is 1. The van der Waals surface area contributed by atoms with E-state index in [1.807, 2.05) is 25.1 Å². The molecule has 0 aliphatic rings. The van der Waals surface area contributed by atoms with Gasteiger partial charge in [-0.1, -0.05) is 30.7 Å². The van der Waals surface area contributed by atoms with Crippen molar-refractivity contribution in [3.05, 3.63) is 35.9 Å². The highest BCUT2D eigenvalue weighted by Crippen LogP contribution is 2.24. The van der Waals surface area contributed by atoms with Gasteiger partial charge in [0, 0.05) is 5.56 Å². The first-order valence-corrected chi connectivity index (χ1v) is 4.18. The van der Waals surface area contributed by atoms with Gasteiger partial charge in [0.25, 0.3) is 0 Å². The van der Waals surface area contributed by atoms with Crippen LogP contribution in [0.1, 0.15) is 18.1 Å². The predicted molar refractivity (Wildman–Crippen MR) is 55.6 cm³/mol. The molecule has 13 heavy (non-hydrogen) atoms. The van der Waals surface area contributed by atoms with Crippen LogP contribution in [0.2, 0.25) is 0 Å². The van der Waals surface area contributed by atoms with E-state index >= 15 is 0 Å². The Kier molecular flexibility index (Phi) is 3.16. The zero-order valence-electron chi connectivity index (χ0n) is 7.71. The molecule has 0 spiro atoms. The summed E-state index contributed by atoms with van der Waals surface area (Å²) in [7, 11) is 0. The lowest BCUT2D eigenvalue weighted by atomic mass is 10.1. The van der Waals surface area contributed by atoms with Gasteiger partial charge >= 0.3 is 0 Å². The van der Waals surface area contributed by atoms with Crippen LogP contribution in [0, 0.1) is 12.3 Å². The minimum Gasteiger partial charge on any atom is -0.492 e. The minimum absolute atomic E-state index is 0.611. The van der Waals surface area contributed by atoms with E-state index < -0.39 is 0 Å². The van der Waals surface area contributed by atoms with Gasteiger partial charge < -0.3 is 4.74 Å². The zero-order valence-corrected chi connectivity index (χ0v) is 7.71. The summed E-state index contributed by atoms with van der Waals surface area (Å²) in [6, 6.07) is 5.69. The van der Waals surface area contributed by atoms with Gasteiger partial charge in [-0.15, -0.1) is 6.42 Å². The molecule has 0 aliphatic carbocycles. The first kappa shape index (κ1) is 9.41. The van der Waals surface area contributed by atoms with Crippen molar-refractivity contribution in [2.24, 2.45) is 0 Å². The maximum absolute atomic E-state index is 5.44. The van der Waals surface area contributed by atoms with Gasteiger partial charge in [0.15, 0.2) is 0 Å². The third-order valence-electron chi connectivity index (χ3n) is 1.71. The molecule has 1 aromatic rings. The highest BCUT2D eigenvalue weighted by atomic mass is 16.5. The third kappa shape index (κ3) is 1.91. The summed E-state index contributed by atoms with van der Waals surface area (Å²) in [5.41, 5.74) is 1.72. The average molecular weight is 172 g/mol. The molecular weight excluding hydrogens is 160 g/mol. The molecule has 0 aliphatic heterocycles. The zero-order chi connectivity index (χ0) is 9.68. The molecule has 0 aromatic heterocycles. The van der Waals surface area contributed by atoms with Crippen LogP contribution in [-0.2, 0) is 0 Å². The van der Waals surface area contributed by atoms with E-state index in [4.69, 9.17) is 11.2 Å². The largest absolute Gasteiger partial charge is 0.492 e. The smallest absolute Gasteiger partial charge is 0.142 e. The molecule has 0 amide bonds. The van der Waals surface area contributed by atoms with Crippen LogP contribution in [0.5, 0.6) is 5.75 Å². The molecule has 0 heterocycles. The Labute approximate surface area is 79.0 Å². The lowest BCUT2D eigenvalue weighted by Gasteiger charge is -2.08. The Balaban J connectivity index is 3.22. The SMILES string of the molecule is C#Cc1cccc(C=C)c1OCC. The standard InChI is InChI=1S/C12H12O/c1-4-10-8-7-9-11(5-2)12(10)13-6-3/h1,5,7-9H,2,6H2,3H3. The average Bonchev–Trinajstić information content (AvgIpc) is 2.18. The second-order valence-electron chi connectivity index (χ2n) is 2.51. The number of hydrogen-bond donors (Lipinski definition) is 0. The van der Waals surface area contributed by atoms with Gasteiger partial charge in [-0.05, 0) is 13.0 Å². The fourth-order valence-electron chi connectivity index (χ4n) is 1.13. The van der Waals surface area contributed by atoms with E-state index in [0.717, 1.165) is 16.9 Å². The van der Waals surface area contributed by atoms with Crippen molar-refractivity contribution in [1.82, 2.24) is 0 Å². The van der Waals surface area contributed by atoms with Gasteiger partial charge in [-0.25, -0.2) is 0 Å². The molecule has 1 nitrogen and oxygen atoms in total. The lowest BCUT2D eigenvalue weighted by molar-refractivity contribution is 0.338. The van der Waals surface area contributed by atoms with Crippen LogP contribution in [0.15, 0.2) is 24.8 Å². The molecule has 0 bridgehead atoms. The molecular formula is C12H12O. The Morgan fingerprint density at radius 2 is 2.38 bits per heavy atom. The summed E-state index contributed by atoms with van der Waals surface area (Å²) < 4.78 is 5.44. The molecule has 66 valence electrons. The Hall–Kier alpha value is -1.68. The van der Waals surface area contributed by atoms with Gasteiger partial charge in [0.1, 0.15) is 5.75 Å². The summed E-state index contributed by atoms with van der Waals surface area (Å²) in [4.78, 5) is 0. The van der Waals surface area contributed by atoms with Crippen LogP contribution in [0.4, 0.5) is 0 Å². The molecule has 0 atom stereocenters. The fourth-order valence-corrected chi connectivity index (χ4v) is 1.13. The topological polar surface area (TPSA) is 9.23 Å². The highest BCUT2D eigenvalue weighted by molar-refractivity contribution is 5.61. The van der Waals surface area contributed by atoms with Crippen LogP contribution in [0.3, 0.4) is 0 Å². The quantitative estimate of drug-likeness (QED) is 0.637. The van der Waals surface area contributed by atoms with Crippen molar-refractivity contribution in [1.29, 1.82) is 0 Å². The van der Waals surface area contributed by atoms with Gasteiger partial charge in [0.2, 0.25) is 0 Å². The van der Waals surface area contributed by atoms with E-state index in [2.05, 4.69) is 12.5 Å². The summed E-state index contributed by atoms with van der Waals surface area (Å²) in [5, 5.41) is 0. The molecule has 0 unspecified atom stereocenters. The summed E-state index contributed by atoms with van der Waals surface area (Å²) in [6.45, 7) is 6.24. The van der Waals surface area contributed by atoms with Gasteiger partial charge in [-0.2, -0.15) is 0 Å². The van der Waals surface area contributed by atoms with Gasteiger partial charge in [0.05, 0.1) is 12.2 Å².